The van der Waals surface area contributed by atoms with E-state index in [0.29, 0.717) is 13.2 Å². The third kappa shape index (κ3) is 4.31. The summed E-state index contributed by atoms with van der Waals surface area (Å²) in [5, 5.41) is 8.55. The van der Waals surface area contributed by atoms with E-state index in [2.05, 4.69) is 5.48 Å². The first-order chi connectivity index (χ1) is 5.26. The minimum Gasteiger partial charge on any atom is -0.351 e. The molecule has 11 heavy (non-hydrogen) atoms. The summed E-state index contributed by atoms with van der Waals surface area (Å²) in [5.74, 6) is 0. The number of rotatable bonds is 6. The van der Waals surface area contributed by atoms with Crippen molar-refractivity contribution in [3.63, 3.8) is 0 Å². The van der Waals surface area contributed by atoms with Crippen LogP contribution in [0, 0.1) is 0 Å². The zero-order chi connectivity index (χ0) is 8.69. The quantitative estimate of drug-likeness (QED) is 0.448. The second-order valence-electron chi connectivity index (χ2n) is 2.20. The number of ether oxygens (including phenoxy) is 2. The van der Waals surface area contributed by atoms with Gasteiger partial charge in [0.15, 0.2) is 6.29 Å². The van der Waals surface area contributed by atoms with Gasteiger partial charge in [0.2, 0.25) is 0 Å². The molecule has 1 atom stereocenters. The molecule has 0 aliphatic carbocycles. The third-order valence-electron chi connectivity index (χ3n) is 1.27. The lowest BCUT2D eigenvalue weighted by molar-refractivity contribution is -0.165. The van der Waals surface area contributed by atoms with Gasteiger partial charge in [-0.3, -0.25) is 0 Å². The van der Waals surface area contributed by atoms with Crippen LogP contribution in [0.1, 0.15) is 20.8 Å². The van der Waals surface area contributed by atoms with Crippen molar-refractivity contribution in [3.05, 3.63) is 0 Å². The molecule has 4 heteroatoms. The highest BCUT2D eigenvalue weighted by molar-refractivity contribution is 4.58. The van der Waals surface area contributed by atoms with E-state index in [-0.39, 0.29) is 12.3 Å². The van der Waals surface area contributed by atoms with Crippen molar-refractivity contribution in [1.29, 1.82) is 0 Å². The molecule has 0 radical (unpaired) electrons. The van der Waals surface area contributed by atoms with Gasteiger partial charge in [-0.15, -0.1) is 0 Å². The van der Waals surface area contributed by atoms with Crippen LogP contribution in [0.2, 0.25) is 0 Å². The molecule has 0 bridgehead atoms. The molecule has 0 aromatic carbocycles. The van der Waals surface area contributed by atoms with E-state index in [1.165, 1.54) is 0 Å². The first-order valence-corrected chi connectivity index (χ1v) is 3.89. The second kappa shape index (κ2) is 6.54. The largest absolute Gasteiger partial charge is 0.351 e. The van der Waals surface area contributed by atoms with E-state index in [1.807, 2.05) is 13.8 Å². The summed E-state index contributed by atoms with van der Waals surface area (Å²) < 4.78 is 10.4. The van der Waals surface area contributed by atoms with Crippen LogP contribution >= 0.6 is 0 Å². The van der Waals surface area contributed by atoms with Crippen LogP contribution in [0.5, 0.6) is 0 Å². The van der Waals surface area contributed by atoms with E-state index in [0.717, 1.165) is 0 Å². The van der Waals surface area contributed by atoms with E-state index >= 15 is 0 Å². The molecule has 0 aliphatic rings. The fourth-order valence-electron chi connectivity index (χ4n) is 0.726. The maximum absolute atomic E-state index is 8.55. The van der Waals surface area contributed by atoms with Crippen LogP contribution in [0.4, 0.5) is 0 Å². The minimum absolute atomic E-state index is 0.199. The predicted octanol–water partition coefficient (Wildman–Crippen LogP) is 0.753. The smallest absolute Gasteiger partial charge is 0.174 e. The summed E-state index contributed by atoms with van der Waals surface area (Å²) in [4.78, 5) is 0. The molecule has 0 heterocycles. The van der Waals surface area contributed by atoms with Gasteiger partial charge in [-0.25, -0.2) is 0 Å². The highest BCUT2D eigenvalue weighted by Gasteiger charge is 2.15. The van der Waals surface area contributed by atoms with Gasteiger partial charge in [0.25, 0.3) is 0 Å². The van der Waals surface area contributed by atoms with Crippen molar-refractivity contribution >= 4 is 0 Å². The molecule has 0 aromatic rings. The van der Waals surface area contributed by atoms with Gasteiger partial charge in [-0.1, -0.05) is 0 Å². The van der Waals surface area contributed by atoms with E-state index < -0.39 is 0 Å². The van der Waals surface area contributed by atoms with Crippen molar-refractivity contribution in [1.82, 2.24) is 5.48 Å². The average Bonchev–Trinajstić information content (AvgIpc) is 2.03. The van der Waals surface area contributed by atoms with Crippen molar-refractivity contribution in [2.45, 2.75) is 33.1 Å². The van der Waals surface area contributed by atoms with E-state index in [4.69, 9.17) is 14.7 Å². The molecule has 0 rings (SSSR count). The summed E-state index contributed by atoms with van der Waals surface area (Å²) in [6, 6.07) is -0.199. The average molecular weight is 163 g/mol. The Labute approximate surface area is 67.5 Å². The molecule has 0 saturated carbocycles. The molecule has 0 spiro atoms. The molecule has 0 amide bonds. The van der Waals surface area contributed by atoms with Crippen LogP contribution in [0.25, 0.3) is 0 Å². The first kappa shape index (κ1) is 10.8. The van der Waals surface area contributed by atoms with Crippen LogP contribution in [-0.4, -0.2) is 30.8 Å². The molecule has 2 N–H and O–H groups in total. The van der Waals surface area contributed by atoms with Gasteiger partial charge in [0.1, 0.15) is 0 Å². The highest BCUT2D eigenvalue weighted by Crippen LogP contribution is 2.00. The molecule has 0 aliphatic heterocycles. The van der Waals surface area contributed by atoms with E-state index in [1.54, 1.807) is 6.92 Å². The van der Waals surface area contributed by atoms with Gasteiger partial charge in [-0.2, -0.15) is 5.48 Å². The Balaban J connectivity index is 3.66. The van der Waals surface area contributed by atoms with Crippen LogP contribution < -0.4 is 5.48 Å². The summed E-state index contributed by atoms with van der Waals surface area (Å²) in [6.45, 7) is 6.72. The molecule has 0 aromatic heterocycles. The Morgan fingerprint density at radius 1 is 1.27 bits per heavy atom. The Kier molecular flexibility index (Phi) is 6.45. The van der Waals surface area contributed by atoms with Gasteiger partial charge < -0.3 is 14.7 Å². The molecule has 4 nitrogen and oxygen atoms in total. The van der Waals surface area contributed by atoms with Crippen molar-refractivity contribution < 1.29 is 14.7 Å². The lowest BCUT2D eigenvalue weighted by Crippen LogP contribution is -2.39. The maximum Gasteiger partial charge on any atom is 0.174 e. The number of hydroxylamine groups is 1. The fourth-order valence-corrected chi connectivity index (χ4v) is 0.726. The first-order valence-electron chi connectivity index (χ1n) is 3.89. The number of nitrogens with one attached hydrogen (secondary N) is 1. The number of hydrogen-bond donors (Lipinski definition) is 2. The zero-order valence-electron chi connectivity index (χ0n) is 7.33. The van der Waals surface area contributed by atoms with Crippen molar-refractivity contribution in [2.75, 3.05) is 13.2 Å². The predicted molar refractivity (Wildman–Crippen MR) is 41.4 cm³/mol. The maximum atomic E-state index is 8.55. The Hall–Kier alpha value is -0.160. The Bertz CT molecular complexity index is 83.8. The summed E-state index contributed by atoms with van der Waals surface area (Å²) in [6.07, 6.45) is -0.366. The van der Waals surface area contributed by atoms with E-state index in [9.17, 15) is 0 Å². The SMILES string of the molecule is CCOC(OCC)C(C)NO. The normalized spacial score (nSPS) is 13.9. The fraction of sp³-hybridized carbons (Fsp3) is 1.00. The van der Waals surface area contributed by atoms with Crippen molar-refractivity contribution in [2.24, 2.45) is 0 Å². The van der Waals surface area contributed by atoms with Gasteiger partial charge in [0, 0.05) is 13.2 Å². The zero-order valence-corrected chi connectivity index (χ0v) is 7.33. The molecule has 0 fully saturated rings. The molecular weight excluding hydrogens is 146 g/mol. The Morgan fingerprint density at radius 2 is 1.73 bits per heavy atom. The molecule has 0 saturated heterocycles. The monoisotopic (exact) mass is 163 g/mol. The topological polar surface area (TPSA) is 50.7 Å². The lowest BCUT2D eigenvalue weighted by Gasteiger charge is -2.21. The number of hydrogen-bond acceptors (Lipinski definition) is 4. The molecule has 68 valence electrons. The lowest BCUT2D eigenvalue weighted by atomic mass is 10.3. The minimum atomic E-state index is -0.366. The second-order valence-corrected chi connectivity index (χ2v) is 2.20. The summed E-state index contributed by atoms with van der Waals surface area (Å²) in [5.41, 5.74) is 2.08. The highest BCUT2D eigenvalue weighted by atomic mass is 16.7. The van der Waals surface area contributed by atoms with Crippen molar-refractivity contribution in [3.8, 4) is 0 Å². The van der Waals surface area contributed by atoms with Gasteiger partial charge in [0.05, 0.1) is 6.04 Å². The summed E-state index contributed by atoms with van der Waals surface area (Å²) >= 11 is 0. The van der Waals surface area contributed by atoms with Crippen LogP contribution in [0.3, 0.4) is 0 Å². The standard InChI is InChI=1S/C7H17NO3/c1-4-10-7(11-5-2)6(3)8-9/h6-9H,4-5H2,1-3H3. The van der Waals surface area contributed by atoms with Crippen LogP contribution in [-0.2, 0) is 9.47 Å². The van der Waals surface area contributed by atoms with Gasteiger partial charge >= 0.3 is 0 Å². The third-order valence-corrected chi connectivity index (χ3v) is 1.27. The molecule has 1 unspecified atom stereocenters. The molecular formula is C7H17NO3. The Morgan fingerprint density at radius 3 is 2.00 bits per heavy atom. The van der Waals surface area contributed by atoms with Gasteiger partial charge in [-0.05, 0) is 20.8 Å². The van der Waals surface area contributed by atoms with Crippen LogP contribution in [0.15, 0.2) is 0 Å². The summed E-state index contributed by atoms with van der Waals surface area (Å²) in [7, 11) is 0.